The molecule has 0 aliphatic rings. The van der Waals surface area contributed by atoms with Crippen LogP contribution in [0.25, 0.3) is 11.4 Å². The third kappa shape index (κ3) is 4.29. The molecular formula is C19H18FN3O2. The number of hydrogen-bond acceptors (Lipinski definition) is 4. The lowest BCUT2D eigenvalue weighted by atomic mass is 10.1. The Morgan fingerprint density at radius 1 is 1.16 bits per heavy atom. The van der Waals surface area contributed by atoms with Crippen LogP contribution in [0.1, 0.15) is 30.0 Å². The molecule has 6 heteroatoms. The molecule has 3 rings (SSSR count). The van der Waals surface area contributed by atoms with Crippen LogP contribution in [-0.4, -0.2) is 16.0 Å². The maximum atomic E-state index is 12.9. The van der Waals surface area contributed by atoms with Crippen LogP contribution in [0.3, 0.4) is 0 Å². The number of amides is 1. The highest BCUT2D eigenvalue weighted by atomic mass is 19.1. The molecule has 1 N–H and O–H groups in total. The number of nitrogens with one attached hydrogen (secondary N) is 1. The summed E-state index contributed by atoms with van der Waals surface area (Å²) in [5.74, 6) is 0.291. The quantitative estimate of drug-likeness (QED) is 0.771. The molecule has 1 atom stereocenters. The molecule has 0 fully saturated rings. The molecule has 0 saturated heterocycles. The minimum Gasteiger partial charge on any atom is -0.344 e. The molecule has 3 aromatic rings. The first-order valence-electron chi connectivity index (χ1n) is 7.96. The molecule has 0 aliphatic heterocycles. The summed E-state index contributed by atoms with van der Waals surface area (Å²) in [6.45, 7) is 3.78. The Morgan fingerprint density at radius 2 is 1.84 bits per heavy atom. The van der Waals surface area contributed by atoms with Gasteiger partial charge in [-0.1, -0.05) is 47.1 Å². The summed E-state index contributed by atoms with van der Waals surface area (Å²) in [4.78, 5) is 16.4. The number of nitrogens with zero attached hydrogens (tertiary/aromatic N) is 2. The van der Waals surface area contributed by atoms with Crippen molar-refractivity contribution in [3.63, 3.8) is 0 Å². The number of halogens is 1. The molecule has 1 heterocycles. The van der Waals surface area contributed by atoms with Crippen molar-refractivity contribution in [1.82, 2.24) is 15.5 Å². The fraction of sp³-hybridized carbons (Fsp3) is 0.211. The zero-order valence-corrected chi connectivity index (χ0v) is 14.0. The topological polar surface area (TPSA) is 68.0 Å². The lowest BCUT2D eigenvalue weighted by Crippen LogP contribution is -2.28. The number of benzene rings is 2. The SMILES string of the molecule is Cc1ccc(-c2noc([C@H](C)NC(=O)Cc3ccc(F)cc3)n2)cc1. The van der Waals surface area contributed by atoms with Crippen LogP contribution >= 0.6 is 0 Å². The zero-order chi connectivity index (χ0) is 17.8. The second-order valence-corrected chi connectivity index (χ2v) is 5.91. The van der Waals surface area contributed by atoms with Gasteiger partial charge in [-0.3, -0.25) is 4.79 Å². The number of rotatable bonds is 5. The van der Waals surface area contributed by atoms with E-state index in [9.17, 15) is 9.18 Å². The summed E-state index contributed by atoms with van der Waals surface area (Å²) in [5.41, 5.74) is 2.73. The van der Waals surface area contributed by atoms with Crippen molar-refractivity contribution in [3.05, 3.63) is 71.4 Å². The van der Waals surface area contributed by atoms with Gasteiger partial charge in [-0.2, -0.15) is 4.98 Å². The van der Waals surface area contributed by atoms with Gasteiger partial charge in [0.15, 0.2) is 0 Å². The second kappa shape index (κ2) is 7.25. The Balaban J connectivity index is 1.63. The van der Waals surface area contributed by atoms with E-state index in [2.05, 4.69) is 15.5 Å². The first-order valence-corrected chi connectivity index (χ1v) is 7.96. The van der Waals surface area contributed by atoms with Crippen molar-refractivity contribution in [1.29, 1.82) is 0 Å². The minimum absolute atomic E-state index is 0.156. The molecule has 1 aromatic heterocycles. The molecular weight excluding hydrogens is 321 g/mol. The molecule has 5 nitrogen and oxygen atoms in total. The summed E-state index contributed by atoms with van der Waals surface area (Å²) in [5, 5.41) is 6.76. The summed E-state index contributed by atoms with van der Waals surface area (Å²) in [6.07, 6.45) is 0.156. The van der Waals surface area contributed by atoms with E-state index >= 15 is 0 Å². The van der Waals surface area contributed by atoms with Gasteiger partial charge in [0.1, 0.15) is 11.9 Å². The minimum atomic E-state index is -0.417. The highest BCUT2D eigenvalue weighted by Gasteiger charge is 2.17. The fourth-order valence-corrected chi connectivity index (χ4v) is 2.37. The number of aryl methyl sites for hydroxylation is 1. The zero-order valence-electron chi connectivity index (χ0n) is 14.0. The van der Waals surface area contributed by atoms with Gasteiger partial charge in [0.05, 0.1) is 6.42 Å². The van der Waals surface area contributed by atoms with Crippen molar-refractivity contribution >= 4 is 5.91 Å². The van der Waals surface area contributed by atoms with Gasteiger partial charge in [0, 0.05) is 5.56 Å². The Kier molecular flexibility index (Phi) is 4.88. The second-order valence-electron chi connectivity index (χ2n) is 5.91. The monoisotopic (exact) mass is 339 g/mol. The Morgan fingerprint density at radius 3 is 2.52 bits per heavy atom. The van der Waals surface area contributed by atoms with Crippen molar-refractivity contribution in [2.75, 3.05) is 0 Å². The molecule has 0 saturated carbocycles. The molecule has 128 valence electrons. The van der Waals surface area contributed by atoms with E-state index in [1.54, 1.807) is 19.1 Å². The van der Waals surface area contributed by atoms with Crippen LogP contribution in [-0.2, 0) is 11.2 Å². The predicted molar refractivity (Wildman–Crippen MR) is 91.1 cm³/mol. The molecule has 0 aliphatic carbocycles. The van der Waals surface area contributed by atoms with E-state index in [1.807, 2.05) is 31.2 Å². The number of carbonyl (C=O) groups is 1. The molecule has 0 unspecified atom stereocenters. The molecule has 0 bridgehead atoms. The van der Waals surface area contributed by atoms with Crippen molar-refractivity contribution in [2.45, 2.75) is 26.3 Å². The Hall–Kier alpha value is -3.02. The van der Waals surface area contributed by atoms with Gasteiger partial charge in [-0.15, -0.1) is 0 Å². The van der Waals surface area contributed by atoms with E-state index in [0.717, 1.165) is 16.7 Å². The largest absolute Gasteiger partial charge is 0.344 e. The van der Waals surface area contributed by atoms with Gasteiger partial charge in [-0.25, -0.2) is 4.39 Å². The van der Waals surface area contributed by atoms with Gasteiger partial charge >= 0.3 is 0 Å². The van der Waals surface area contributed by atoms with Crippen LogP contribution in [0.15, 0.2) is 53.1 Å². The predicted octanol–water partition coefficient (Wildman–Crippen LogP) is 3.60. The first kappa shape index (κ1) is 16.8. The van der Waals surface area contributed by atoms with E-state index in [4.69, 9.17) is 4.52 Å². The van der Waals surface area contributed by atoms with E-state index in [-0.39, 0.29) is 18.1 Å². The average molecular weight is 339 g/mol. The average Bonchev–Trinajstić information content (AvgIpc) is 3.08. The smallest absolute Gasteiger partial charge is 0.249 e. The highest BCUT2D eigenvalue weighted by molar-refractivity contribution is 5.78. The first-order chi connectivity index (χ1) is 12.0. The van der Waals surface area contributed by atoms with Crippen LogP contribution in [0, 0.1) is 12.7 Å². The van der Waals surface area contributed by atoms with Crippen LogP contribution < -0.4 is 5.32 Å². The summed E-state index contributed by atoms with van der Waals surface area (Å²) in [7, 11) is 0. The summed E-state index contributed by atoms with van der Waals surface area (Å²) >= 11 is 0. The van der Waals surface area contributed by atoms with Crippen molar-refractivity contribution in [2.24, 2.45) is 0 Å². The third-order valence-corrected chi connectivity index (χ3v) is 3.78. The fourth-order valence-electron chi connectivity index (χ4n) is 2.37. The van der Waals surface area contributed by atoms with Crippen molar-refractivity contribution < 1.29 is 13.7 Å². The van der Waals surface area contributed by atoms with Crippen LogP contribution in [0.5, 0.6) is 0 Å². The summed E-state index contributed by atoms with van der Waals surface area (Å²) in [6, 6.07) is 13.2. The standard InChI is InChI=1S/C19H18FN3O2/c1-12-3-7-15(8-4-12)18-22-19(25-23-18)13(2)21-17(24)11-14-5-9-16(20)10-6-14/h3-10,13H,11H2,1-2H3,(H,21,24)/t13-/m0/s1. The number of hydrogen-bond donors (Lipinski definition) is 1. The van der Waals surface area contributed by atoms with E-state index < -0.39 is 6.04 Å². The lowest BCUT2D eigenvalue weighted by molar-refractivity contribution is -0.121. The lowest BCUT2D eigenvalue weighted by Gasteiger charge is -2.09. The van der Waals surface area contributed by atoms with Crippen LogP contribution in [0.4, 0.5) is 4.39 Å². The van der Waals surface area contributed by atoms with Gasteiger partial charge in [0.25, 0.3) is 0 Å². The molecule has 0 radical (unpaired) electrons. The van der Waals surface area contributed by atoms with E-state index in [0.29, 0.717) is 11.7 Å². The van der Waals surface area contributed by atoms with Gasteiger partial charge < -0.3 is 9.84 Å². The number of aromatic nitrogens is 2. The molecule has 0 spiro atoms. The summed E-state index contributed by atoms with van der Waals surface area (Å²) < 4.78 is 18.1. The van der Waals surface area contributed by atoms with Gasteiger partial charge in [-0.05, 0) is 31.5 Å². The number of carbonyl (C=O) groups excluding carboxylic acids is 1. The van der Waals surface area contributed by atoms with Gasteiger partial charge in [0.2, 0.25) is 17.6 Å². The Labute approximate surface area is 144 Å². The van der Waals surface area contributed by atoms with Crippen LogP contribution in [0.2, 0.25) is 0 Å². The molecule has 25 heavy (non-hydrogen) atoms. The highest BCUT2D eigenvalue weighted by Crippen LogP contribution is 2.19. The van der Waals surface area contributed by atoms with Crippen molar-refractivity contribution in [3.8, 4) is 11.4 Å². The normalized spacial score (nSPS) is 12.0. The van der Waals surface area contributed by atoms with E-state index in [1.165, 1.54) is 12.1 Å². The molecule has 2 aromatic carbocycles. The third-order valence-electron chi connectivity index (χ3n) is 3.78. The maximum absolute atomic E-state index is 12.9. The Bertz CT molecular complexity index is 857. The molecule has 1 amide bonds. The maximum Gasteiger partial charge on any atom is 0.249 e.